The Balaban J connectivity index is 2.40. The van der Waals surface area contributed by atoms with Crippen LogP contribution >= 0.6 is 23.2 Å². The number of benzene rings is 1. The molecule has 0 saturated carbocycles. The van der Waals surface area contributed by atoms with Gasteiger partial charge < -0.3 is 20.1 Å². The Kier molecular flexibility index (Phi) is 4.86. The summed E-state index contributed by atoms with van der Waals surface area (Å²) < 4.78 is 4.97. The summed E-state index contributed by atoms with van der Waals surface area (Å²) in [6.07, 6.45) is 1.37. The third-order valence-corrected chi connectivity index (χ3v) is 3.67. The Morgan fingerprint density at radius 3 is 2.29 bits per heavy atom. The van der Waals surface area contributed by atoms with Gasteiger partial charge in [0.15, 0.2) is 11.5 Å². The number of ether oxygens (including phenoxy) is 1. The number of phenolic OH excluding ortho intramolecular Hbond substituents is 1. The molecule has 1 heterocycles. The molecular weight excluding hydrogens is 361 g/mol. The number of aromatic nitrogens is 1. The summed E-state index contributed by atoms with van der Waals surface area (Å²) in [6.45, 7) is 0.864. The van der Waals surface area contributed by atoms with Crippen molar-refractivity contribution >= 4 is 35.1 Å². The third-order valence-electron chi connectivity index (χ3n) is 3.17. The normalized spacial score (nSPS) is 11.1. The molecule has 126 valence electrons. The van der Waals surface area contributed by atoms with Gasteiger partial charge in [0.25, 0.3) is 5.60 Å². The maximum Gasteiger partial charge on any atom is 0.359 e. The molecule has 1 aromatic heterocycles. The number of phenols is 1. The van der Waals surface area contributed by atoms with E-state index in [1.807, 2.05) is 0 Å². The number of carboxylic acids is 2. The highest BCUT2D eigenvalue weighted by atomic mass is 35.5. The number of rotatable bonds is 5. The van der Waals surface area contributed by atoms with Crippen LogP contribution in [0.25, 0.3) is 11.3 Å². The largest absolute Gasteiger partial charge is 0.504 e. The van der Waals surface area contributed by atoms with Crippen molar-refractivity contribution in [1.29, 1.82) is 0 Å². The standard InChI is InChI=1S/C15H11Cl2NO6/c1-15(13(20)21,14(22)23)24-11-3-2-7(4-10(11)19)12-9(17)5-8(16)6-18-12/h2-6,19H,1H3,(H,20,21)(H,22,23). The second-order valence-corrected chi connectivity index (χ2v) is 5.76. The molecule has 2 aromatic rings. The molecule has 0 fully saturated rings. The van der Waals surface area contributed by atoms with E-state index in [0.29, 0.717) is 16.3 Å². The molecule has 0 aliphatic carbocycles. The van der Waals surface area contributed by atoms with Crippen molar-refractivity contribution in [2.24, 2.45) is 0 Å². The first-order valence-corrected chi connectivity index (χ1v) is 7.21. The first kappa shape index (κ1) is 17.8. The molecule has 0 bridgehead atoms. The molecule has 0 aliphatic heterocycles. The zero-order valence-electron chi connectivity index (χ0n) is 12.2. The van der Waals surface area contributed by atoms with E-state index in [2.05, 4.69) is 4.98 Å². The molecule has 0 spiro atoms. The van der Waals surface area contributed by atoms with Crippen molar-refractivity contribution in [1.82, 2.24) is 4.98 Å². The van der Waals surface area contributed by atoms with E-state index in [-0.39, 0.29) is 10.8 Å². The predicted molar refractivity (Wildman–Crippen MR) is 85.7 cm³/mol. The highest BCUT2D eigenvalue weighted by Gasteiger charge is 2.45. The van der Waals surface area contributed by atoms with Gasteiger partial charge in [-0.1, -0.05) is 23.2 Å². The molecular formula is C15H11Cl2NO6. The molecule has 2 rings (SSSR count). The zero-order chi connectivity index (χ0) is 18.1. The van der Waals surface area contributed by atoms with Gasteiger partial charge in [0.1, 0.15) is 0 Å². The predicted octanol–water partition coefficient (Wildman–Crippen LogP) is 3.07. The van der Waals surface area contributed by atoms with Crippen molar-refractivity contribution in [2.75, 3.05) is 0 Å². The molecule has 24 heavy (non-hydrogen) atoms. The number of aromatic hydroxyl groups is 1. The fourth-order valence-corrected chi connectivity index (χ4v) is 2.27. The number of carbonyl (C=O) groups is 2. The quantitative estimate of drug-likeness (QED) is 0.691. The number of carboxylic acid groups (broad SMARTS) is 2. The zero-order valence-corrected chi connectivity index (χ0v) is 13.7. The Morgan fingerprint density at radius 2 is 1.79 bits per heavy atom. The molecule has 0 unspecified atom stereocenters. The second-order valence-electron chi connectivity index (χ2n) is 4.91. The lowest BCUT2D eigenvalue weighted by molar-refractivity contribution is -0.170. The average molecular weight is 372 g/mol. The van der Waals surface area contributed by atoms with Crippen molar-refractivity contribution in [2.45, 2.75) is 12.5 Å². The van der Waals surface area contributed by atoms with Crippen LogP contribution in [-0.2, 0) is 9.59 Å². The highest BCUT2D eigenvalue weighted by molar-refractivity contribution is 6.36. The van der Waals surface area contributed by atoms with E-state index in [1.165, 1.54) is 30.5 Å². The monoisotopic (exact) mass is 371 g/mol. The third kappa shape index (κ3) is 3.37. The molecule has 9 heteroatoms. The van der Waals surface area contributed by atoms with Crippen molar-refractivity contribution in [3.63, 3.8) is 0 Å². The van der Waals surface area contributed by atoms with Gasteiger partial charge in [-0.05, 0) is 31.2 Å². The molecule has 0 amide bonds. The number of hydrogen-bond donors (Lipinski definition) is 3. The van der Waals surface area contributed by atoms with E-state index < -0.39 is 23.3 Å². The molecule has 1 aromatic carbocycles. The summed E-state index contributed by atoms with van der Waals surface area (Å²) in [5, 5.41) is 28.6. The molecule has 3 N–H and O–H groups in total. The molecule has 0 aliphatic rings. The van der Waals surface area contributed by atoms with Crippen LogP contribution in [0.5, 0.6) is 11.5 Å². The number of hydrogen-bond acceptors (Lipinski definition) is 5. The van der Waals surface area contributed by atoms with Gasteiger partial charge >= 0.3 is 11.9 Å². The Labute approximate surface area is 146 Å². The lowest BCUT2D eigenvalue weighted by Gasteiger charge is -2.22. The van der Waals surface area contributed by atoms with Gasteiger partial charge in [0.2, 0.25) is 0 Å². The molecule has 0 radical (unpaired) electrons. The van der Waals surface area contributed by atoms with Crippen LogP contribution in [0, 0.1) is 0 Å². The lowest BCUT2D eigenvalue weighted by Crippen LogP contribution is -2.49. The van der Waals surface area contributed by atoms with Crippen LogP contribution in [0.15, 0.2) is 30.5 Å². The van der Waals surface area contributed by atoms with Crippen molar-refractivity contribution in [3.05, 3.63) is 40.5 Å². The van der Waals surface area contributed by atoms with Crippen LogP contribution < -0.4 is 4.74 Å². The average Bonchev–Trinajstić information content (AvgIpc) is 2.49. The summed E-state index contributed by atoms with van der Waals surface area (Å²) in [6, 6.07) is 5.36. The van der Waals surface area contributed by atoms with Gasteiger partial charge in [0.05, 0.1) is 15.7 Å². The van der Waals surface area contributed by atoms with Crippen LogP contribution in [-0.4, -0.2) is 37.8 Å². The first-order valence-electron chi connectivity index (χ1n) is 6.45. The fraction of sp³-hybridized carbons (Fsp3) is 0.133. The van der Waals surface area contributed by atoms with Crippen LogP contribution in [0.3, 0.4) is 0 Å². The first-order chi connectivity index (χ1) is 11.1. The Hall–Kier alpha value is -2.51. The number of aliphatic carboxylic acids is 2. The number of nitrogens with zero attached hydrogens (tertiary/aromatic N) is 1. The summed E-state index contributed by atoms with van der Waals surface area (Å²) in [7, 11) is 0. The summed E-state index contributed by atoms with van der Waals surface area (Å²) in [5.74, 6) is -4.19. The minimum atomic E-state index is -2.55. The summed E-state index contributed by atoms with van der Waals surface area (Å²) in [5.41, 5.74) is -1.80. The van der Waals surface area contributed by atoms with E-state index in [9.17, 15) is 14.7 Å². The van der Waals surface area contributed by atoms with E-state index in [1.54, 1.807) is 0 Å². The van der Waals surface area contributed by atoms with Gasteiger partial charge in [-0.15, -0.1) is 0 Å². The van der Waals surface area contributed by atoms with Crippen LogP contribution in [0.4, 0.5) is 0 Å². The van der Waals surface area contributed by atoms with Crippen molar-refractivity contribution in [3.8, 4) is 22.8 Å². The van der Waals surface area contributed by atoms with Gasteiger partial charge in [-0.25, -0.2) is 9.59 Å². The van der Waals surface area contributed by atoms with Gasteiger partial charge in [-0.2, -0.15) is 0 Å². The highest BCUT2D eigenvalue weighted by Crippen LogP contribution is 2.36. The van der Waals surface area contributed by atoms with Gasteiger partial charge in [-0.3, -0.25) is 4.98 Å². The smallest absolute Gasteiger partial charge is 0.359 e. The van der Waals surface area contributed by atoms with Gasteiger partial charge in [0, 0.05) is 11.8 Å². The topological polar surface area (TPSA) is 117 Å². The van der Waals surface area contributed by atoms with Crippen molar-refractivity contribution < 1.29 is 29.6 Å². The SMILES string of the molecule is CC(Oc1ccc(-c2ncc(Cl)cc2Cl)cc1O)(C(=O)O)C(=O)O. The number of pyridine rings is 1. The summed E-state index contributed by atoms with van der Waals surface area (Å²) >= 11 is 11.8. The Bertz CT molecular complexity index is 810. The minimum absolute atomic E-state index is 0.247. The Morgan fingerprint density at radius 1 is 1.17 bits per heavy atom. The maximum absolute atomic E-state index is 11.1. The second kappa shape index (κ2) is 6.54. The number of halogens is 2. The maximum atomic E-state index is 11.1. The molecule has 7 nitrogen and oxygen atoms in total. The van der Waals surface area contributed by atoms with Crippen LogP contribution in [0.1, 0.15) is 6.92 Å². The molecule has 0 saturated heterocycles. The van der Waals surface area contributed by atoms with E-state index in [0.717, 1.165) is 6.92 Å². The fourth-order valence-electron chi connectivity index (χ4n) is 1.78. The molecule has 0 atom stereocenters. The minimum Gasteiger partial charge on any atom is -0.504 e. The van der Waals surface area contributed by atoms with E-state index in [4.69, 9.17) is 38.2 Å². The summed E-state index contributed by atoms with van der Waals surface area (Å²) in [4.78, 5) is 26.3. The van der Waals surface area contributed by atoms with E-state index >= 15 is 0 Å². The van der Waals surface area contributed by atoms with Crippen LogP contribution in [0.2, 0.25) is 10.0 Å². The lowest BCUT2D eigenvalue weighted by atomic mass is 10.1.